The van der Waals surface area contributed by atoms with Gasteiger partial charge in [-0.15, -0.1) is 0 Å². The molecule has 0 aromatic carbocycles. The van der Waals surface area contributed by atoms with Crippen molar-refractivity contribution >= 4 is 49.9 Å². The maximum absolute atomic E-state index is 13.1. The Labute approximate surface area is 184 Å². The van der Waals surface area contributed by atoms with Crippen LogP contribution >= 0.6 is 22.9 Å². The number of nitrogens with zero attached hydrogens (tertiary/aromatic N) is 3. The van der Waals surface area contributed by atoms with Crippen LogP contribution in [0.2, 0.25) is 4.34 Å². The van der Waals surface area contributed by atoms with Gasteiger partial charge in [-0.2, -0.15) is 4.31 Å². The minimum absolute atomic E-state index is 0.199. The summed E-state index contributed by atoms with van der Waals surface area (Å²) in [6.07, 6.45) is 4.94. The fraction of sp³-hybridized carbons (Fsp3) is 0.722. The lowest BCUT2D eigenvalue weighted by Gasteiger charge is -2.39. The molecular weight excluding hydrogens is 452 g/mol. The molecule has 3 heterocycles. The number of hydrogen-bond acceptors (Lipinski definition) is 7. The first-order valence-corrected chi connectivity index (χ1v) is 12.8. The van der Waals surface area contributed by atoms with Crippen LogP contribution in [0.3, 0.4) is 0 Å². The monoisotopic (exact) mass is 476 g/mol. The fourth-order valence-corrected chi connectivity index (χ4v) is 6.56. The molecule has 2 saturated heterocycles. The van der Waals surface area contributed by atoms with Crippen LogP contribution < -0.4 is 5.32 Å². The number of anilines is 1. The summed E-state index contributed by atoms with van der Waals surface area (Å²) in [7, 11) is -3.42. The smallest absolute Gasteiger partial charge is 0.248 e. The van der Waals surface area contributed by atoms with Crippen molar-refractivity contribution in [3.05, 3.63) is 10.5 Å². The van der Waals surface area contributed by atoms with Crippen molar-refractivity contribution in [3.63, 3.8) is 0 Å². The second-order valence-electron chi connectivity index (χ2n) is 7.93. The van der Waals surface area contributed by atoms with Gasteiger partial charge in [0.05, 0.1) is 18.0 Å². The Balaban J connectivity index is 1.48. The number of rotatable bonds is 7. The molecule has 2 amide bonds. The van der Waals surface area contributed by atoms with Gasteiger partial charge in [-0.3, -0.25) is 9.59 Å². The number of carbonyl (C=O) groups excluding carboxylic acids is 2. The molecule has 3 fully saturated rings. The van der Waals surface area contributed by atoms with Crippen molar-refractivity contribution < 1.29 is 22.7 Å². The first-order valence-electron chi connectivity index (χ1n) is 10.1. The zero-order valence-electron chi connectivity index (χ0n) is 16.5. The molecule has 4 rings (SSSR count). The van der Waals surface area contributed by atoms with Gasteiger partial charge in [0.15, 0.2) is 5.13 Å². The van der Waals surface area contributed by atoms with Crippen molar-refractivity contribution in [2.45, 2.75) is 43.4 Å². The second-order valence-corrected chi connectivity index (χ2v) is 11.8. The molecule has 1 unspecified atom stereocenters. The van der Waals surface area contributed by atoms with Gasteiger partial charge in [0.25, 0.3) is 0 Å². The number of sulfonamides is 1. The topological polar surface area (TPSA) is 109 Å². The van der Waals surface area contributed by atoms with E-state index in [9.17, 15) is 18.0 Å². The summed E-state index contributed by atoms with van der Waals surface area (Å²) < 4.78 is 32.2. The Hall–Kier alpha value is -1.27. The zero-order valence-corrected chi connectivity index (χ0v) is 18.8. The molecule has 2 aliphatic heterocycles. The van der Waals surface area contributed by atoms with Crippen LogP contribution in [0.15, 0.2) is 6.20 Å². The van der Waals surface area contributed by atoms with Crippen molar-refractivity contribution in [2.75, 3.05) is 38.2 Å². The van der Waals surface area contributed by atoms with E-state index in [0.717, 1.165) is 24.2 Å². The molecular formula is C18H25ClN4O5S2. The molecule has 30 heavy (non-hydrogen) atoms. The second kappa shape index (κ2) is 9.07. The number of ether oxygens (including phenoxy) is 1. The summed E-state index contributed by atoms with van der Waals surface area (Å²) in [6.45, 7) is 1.49. The number of thiazole rings is 1. The Morgan fingerprint density at radius 1 is 1.30 bits per heavy atom. The molecule has 1 N–H and O–H groups in total. The minimum Gasteiger partial charge on any atom is -0.381 e. The third-order valence-corrected chi connectivity index (χ3v) is 9.19. The van der Waals surface area contributed by atoms with Crippen LogP contribution in [0.5, 0.6) is 0 Å². The zero-order chi connectivity index (χ0) is 21.3. The summed E-state index contributed by atoms with van der Waals surface area (Å²) in [5.74, 6) is -0.398. The lowest BCUT2D eigenvalue weighted by Crippen LogP contribution is -2.58. The van der Waals surface area contributed by atoms with Crippen LogP contribution in [0, 0.1) is 5.92 Å². The van der Waals surface area contributed by atoms with Crippen molar-refractivity contribution in [1.82, 2.24) is 14.2 Å². The standard InChI is InChI=1S/C18H25ClN4O5S2/c19-15-10-20-18(29-15)21-17(25)14(9-12-3-7-28-8-4-12)23-6-5-22(11-16(23)24)30(26,27)13-1-2-13/h10,12-14H,1-9,11H2,(H,20,21,25). The summed E-state index contributed by atoms with van der Waals surface area (Å²) in [4.78, 5) is 31.6. The van der Waals surface area contributed by atoms with Gasteiger partial charge in [-0.05, 0) is 38.0 Å². The van der Waals surface area contributed by atoms with E-state index in [0.29, 0.717) is 41.9 Å². The highest BCUT2D eigenvalue weighted by Crippen LogP contribution is 2.32. The van der Waals surface area contributed by atoms with Gasteiger partial charge in [-0.25, -0.2) is 13.4 Å². The lowest BCUT2D eigenvalue weighted by atomic mass is 9.91. The Morgan fingerprint density at radius 2 is 2.03 bits per heavy atom. The molecule has 12 heteroatoms. The quantitative estimate of drug-likeness (QED) is 0.639. The van der Waals surface area contributed by atoms with E-state index in [4.69, 9.17) is 16.3 Å². The first-order chi connectivity index (χ1) is 14.3. The van der Waals surface area contributed by atoms with Gasteiger partial charge in [0, 0.05) is 26.3 Å². The van der Waals surface area contributed by atoms with Gasteiger partial charge in [-0.1, -0.05) is 22.9 Å². The predicted molar refractivity (Wildman–Crippen MR) is 113 cm³/mol. The van der Waals surface area contributed by atoms with Crippen molar-refractivity contribution in [3.8, 4) is 0 Å². The summed E-state index contributed by atoms with van der Waals surface area (Å²) in [6, 6.07) is -0.686. The number of carbonyl (C=O) groups is 2. The summed E-state index contributed by atoms with van der Waals surface area (Å²) >= 11 is 7.06. The highest BCUT2D eigenvalue weighted by Gasteiger charge is 2.44. The molecule has 166 valence electrons. The highest BCUT2D eigenvalue weighted by atomic mass is 35.5. The van der Waals surface area contributed by atoms with E-state index in [2.05, 4.69) is 10.3 Å². The predicted octanol–water partition coefficient (Wildman–Crippen LogP) is 1.56. The molecule has 0 spiro atoms. The van der Waals surface area contributed by atoms with Crippen LogP contribution in [0.25, 0.3) is 0 Å². The molecule has 0 bridgehead atoms. The minimum atomic E-state index is -3.42. The number of aromatic nitrogens is 1. The van der Waals surface area contributed by atoms with Crippen LogP contribution in [-0.2, 0) is 24.3 Å². The molecule has 9 nitrogen and oxygen atoms in total. The maximum Gasteiger partial charge on any atom is 0.248 e. The van der Waals surface area contributed by atoms with Gasteiger partial charge in [0.1, 0.15) is 10.4 Å². The molecule has 1 atom stereocenters. The third-order valence-electron chi connectivity index (χ3n) is 5.81. The number of amides is 2. The van der Waals surface area contributed by atoms with E-state index in [-0.39, 0.29) is 42.6 Å². The van der Waals surface area contributed by atoms with Gasteiger partial charge < -0.3 is 15.0 Å². The Kier molecular flexibility index (Phi) is 6.64. The van der Waals surface area contributed by atoms with E-state index >= 15 is 0 Å². The largest absolute Gasteiger partial charge is 0.381 e. The normalized spacial score (nSPS) is 22.8. The van der Waals surface area contributed by atoms with Crippen molar-refractivity contribution in [2.24, 2.45) is 5.92 Å². The number of hydrogen-bond donors (Lipinski definition) is 1. The van der Waals surface area contributed by atoms with Gasteiger partial charge >= 0.3 is 0 Å². The SMILES string of the molecule is O=C(Nc1ncc(Cl)s1)C(CC1CCOCC1)N1CCN(S(=O)(=O)C2CC2)CC1=O. The summed E-state index contributed by atoms with van der Waals surface area (Å²) in [5.41, 5.74) is 0. The average Bonchev–Trinajstić information content (AvgIpc) is 3.51. The van der Waals surface area contributed by atoms with E-state index in [1.54, 1.807) is 0 Å². The first kappa shape index (κ1) is 21.9. The maximum atomic E-state index is 13.1. The fourth-order valence-electron chi connectivity index (χ4n) is 3.96. The lowest BCUT2D eigenvalue weighted by molar-refractivity contribution is -0.142. The number of piperazine rings is 1. The third kappa shape index (κ3) is 4.96. The van der Waals surface area contributed by atoms with Crippen molar-refractivity contribution in [1.29, 1.82) is 0 Å². The summed E-state index contributed by atoms with van der Waals surface area (Å²) in [5, 5.41) is 2.79. The van der Waals surface area contributed by atoms with Gasteiger partial charge in [0.2, 0.25) is 21.8 Å². The molecule has 1 saturated carbocycles. The highest BCUT2D eigenvalue weighted by molar-refractivity contribution is 7.90. The average molecular weight is 477 g/mol. The molecule has 1 aromatic heterocycles. The number of nitrogens with one attached hydrogen (secondary N) is 1. The number of halogens is 1. The van der Waals surface area contributed by atoms with Crippen LogP contribution in [0.1, 0.15) is 32.1 Å². The Bertz CT molecular complexity index is 898. The Morgan fingerprint density at radius 3 is 2.63 bits per heavy atom. The molecule has 0 radical (unpaired) electrons. The van der Waals surface area contributed by atoms with Crippen LogP contribution in [-0.4, -0.2) is 78.6 Å². The molecule has 1 aliphatic carbocycles. The molecule has 3 aliphatic rings. The van der Waals surface area contributed by atoms with Crippen LogP contribution in [0.4, 0.5) is 5.13 Å². The van der Waals surface area contributed by atoms with E-state index in [1.165, 1.54) is 15.4 Å². The molecule has 1 aromatic rings. The van der Waals surface area contributed by atoms with E-state index in [1.807, 2.05) is 0 Å². The van der Waals surface area contributed by atoms with E-state index < -0.39 is 16.1 Å².